The summed E-state index contributed by atoms with van der Waals surface area (Å²) in [4.78, 5) is 27.0. The number of rotatable bonds is 3. The molecule has 0 radical (unpaired) electrons. The molecule has 0 unspecified atom stereocenters. The van der Waals surface area contributed by atoms with E-state index in [-0.39, 0.29) is 18.7 Å². The number of nitrogens with zero attached hydrogens (tertiary/aromatic N) is 2. The van der Waals surface area contributed by atoms with Gasteiger partial charge in [-0.1, -0.05) is 0 Å². The van der Waals surface area contributed by atoms with E-state index in [4.69, 9.17) is 9.15 Å². The molecule has 0 spiro atoms. The predicted molar refractivity (Wildman–Crippen MR) is 66.6 cm³/mol. The number of amides is 3. The Labute approximate surface area is 111 Å². The smallest absolute Gasteiger partial charge is 0.319 e. The number of urea groups is 1. The Morgan fingerprint density at radius 2 is 2.00 bits per heavy atom. The maximum absolute atomic E-state index is 12.0. The number of hydrogen-bond acceptors (Lipinski definition) is 4. The zero-order valence-corrected chi connectivity index (χ0v) is 10.8. The number of furan rings is 1. The van der Waals surface area contributed by atoms with Gasteiger partial charge in [-0.15, -0.1) is 0 Å². The lowest BCUT2D eigenvalue weighted by Crippen LogP contribution is -2.53. The van der Waals surface area contributed by atoms with E-state index in [1.54, 1.807) is 21.9 Å². The molecule has 0 aromatic carbocycles. The fraction of sp³-hybridized carbons (Fsp3) is 0.500. The molecule has 0 atom stereocenters. The van der Waals surface area contributed by atoms with E-state index in [0.717, 1.165) is 0 Å². The average Bonchev–Trinajstić information content (AvgIpc) is 2.98. The van der Waals surface area contributed by atoms with Gasteiger partial charge in [-0.2, -0.15) is 0 Å². The predicted octanol–water partition coefficient (Wildman–Crippen LogP) is 0.351. The van der Waals surface area contributed by atoms with Crippen LogP contribution in [0.2, 0.25) is 0 Å². The maximum Gasteiger partial charge on any atom is 0.319 e. The molecule has 7 heteroatoms. The summed E-state index contributed by atoms with van der Waals surface area (Å²) < 4.78 is 9.85. The van der Waals surface area contributed by atoms with Crippen molar-refractivity contribution < 1.29 is 18.7 Å². The number of hydrogen-bond donors (Lipinski definition) is 1. The van der Waals surface area contributed by atoms with Crippen LogP contribution in [-0.2, 0) is 4.74 Å². The highest BCUT2D eigenvalue weighted by Crippen LogP contribution is 2.09. The number of methoxy groups -OCH3 is 1. The van der Waals surface area contributed by atoms with Crippen molar-refractivity contribution in [1.82, 2.24) is 15.1 Å². The van der Waals surface area contributed by atoms with Crippen molar-refractivity contribution in [3.8, 4) is 0 Å². The van der Waals surface area contributed by atoms with E-state index in [1.807, 2.05) is 0 Å². The molecule has 19 heavy (non-hydrogen) atoms. The molecular formula is C12H17N3O4. The number of nitrogens with one attached hydrogen (secondary N) is 1. The highest BCUT2D eigenvalue weighted by molar-refractivity contribution is 5.91. The third-order valence-corrected chi connectivity index (χ3v) is 2.95. The molecular weight excluding hydrogens is 250 g/mol. The summed E-state index contributed by atoms with van der Waals surface area (Å²) >= 11 is 0. The van der Waals surface area contributed by atoms with Crippen molar-refractivity contribution in [3.63, 3.8) is 0 Å². The average molecular weight is 267 g/mol. The third-order valence-electron chi connectivity index (χ3n) is 2.95. The van der Waals surface area contributed by atoms with Crippen molar-refractivity contribution in [2.45, 2.75) is 0 Å². The zero-order chi connectivity index (χ0) is 13.7. The Balaban J connectivity index is 1.82. The van der Waals surface area contributed by atoms with Gasteiger partial charge in [-0.3, -0.25) is 4.79 Å². The Kier molecular flexibility index (Phi) is 4.40. The molecule has 2 rings (SSSR count). The first-order chi connectivity index (χ1) is 9.22. The van der Waals surface area contributed by atoms with Gasteiger partial charge in [0.15, 0.2) is 5.76 Å². The van der Waals surface area contributed by atoms with Crippen LogP contribution < -0.4 is 5.32 Å². The molecule has 3 amide bonds. The number of carbonyl (C=O) groups excluding carboxylic acids is 2. The minimum atomic E-state index is -0.174. The van der Waals surface area contributed by atoms with Gasteiger partial charge >= 0.3 is 6.03 Å². The van der Waals surface area contributed by atoms with Crippen molar-refractivity contribution in [3.05, 3.63) is 24.2 Å². The van der Waals surface area contributed by atoms with Gasteiger partial charge < -0.3 is 24.3 Å². The van der Waals surface area contributed by atoms with Gasteiger partial charge in [-0.05, 0) is 12.1 Å². The quantitative estimate of drug-likeness (QED) is 0.802. The van der Waals surface area contributed by atoms with Crippen LogP contribution in [0.4, 0.5) is 4.79 Å². The molecule has 1 saturated heterocycles. The van der Waals surface area contributed by atoms with Crippen LogP contribution in [0.25, 0.3) is 0 Å². The van der Waals surface area contributed by atoms with Gasteiger partial charge in [0.25, 0.3) is 5.91 Å². The normalized spacial score (nSPS) is 15.4. The largest absolute Gasteiger partial charge is 0.459 e. The first-order valence-corrected chi connectivity index (χ1v) is 6.07. The van der Waals surface area contributed by atoms with E-state index in [0.29, 0.717) is 31.9 Å². The summed E-state index contributed by atoms with van der Waals surface area (Å²) in [5.41, 5.74) is 0. The van der Waals surface area contributed by atoms with Crippen LogP contribution in [-0.4, -0.2) is 61.8 Å². The summed E-state index contributed by atoms with van der Waals surface area (Å²) in [6, 6.07) is 3.15. The van der Waals surface area contributed by atoms with E-state index in [2.05, 4.69) is 5.32 Å². The van der Waals surface area contributed by atoms with Crippen molar-refractivity contribution in [2.24, 2.45) is 0 Å². The second kappa shape index (κ2) is 6.24. The number of ether oxygens (including phenoxy) is 1. The Hall–Kier alpha value is -2.02. The molecule has 1 fully saturated rings. The Bertz CT molecular complexity index is 424. The van der Waals surface area contributed by atoms with Crippen LogP contribution >= 0.6 is 0 Å². The van der Waals surface area contributed by atoms with Gasteiger partial charge in [-0.25, -0.2) is 4.79 Å². The molecule has 0 aliphatic carbocycles. The van der Waals surface area contributed by atoms with Gasteiger partial charge in [0, 0.05) is 33.3 Å². The lowest BCUT2D eigenvalue weighted by molar-refractivity contribution is 0.0627. The lowest BCUT2D eigenvalue weighted by Gasteiger charge is -2.34. The summed E-state index contributed by atoms with van der Waals surface area (Å²) in [6.45, 7) is 2.19. The first kappa shape index (κ1) is 13.4. The second-order valence-electron chi connectivity index (χ2n) is 4.17. The highest BCUT2D eigenvalue weighted by Gasteiger charge is 2.25. The zero-order valence-electron chi connectivity index (χ0n) is 10.8. The Morgan fingerprint density at radius 1 is 1.32 bits per heavy atom. The third kappa shape index (κ3) is 3.25. The van der Waals surface area contributed by atoms with Gasteiger partial charge in [0.05, 0.1) is 6.26 Å². The summed E-state index contributed by atoms with van der Waals surface area (Å²) in [7, 11) is 1.51. The molecule has 0 saturated carbocycles. The molecule has 104 valence electrons. The van der Waals surface area contributed by atoms with E-state index >= 15 is 0 Å². The molecule has 1 aliphatic rings. The maximum atomic E-state index is 12.0. The van der Waals surface area contributed by atoms with Crippen molar-refractivity contribution in [2.75, 3.05) is 40.0 Å². The Morgan fingerprint density at radius 3 is 2.58 bits per heavy atom. The number of piperazine rings is 1. The molecule has 1 aliphatic heterocycles. The fourth-order valence-electron chi connectivity index (χ4n) is 1.91. The monoisotopic (exact) mass is 267 g/mol. The van der Waals surface area contributed by atoms with Crippen molar-refractivity contribution in [1.29, 1.82) is 0 Å². The SMILES string of the molecule is COCNC(=O)N1CCN(C(=O)c2ccco2)CC1. The topological polar surface area (TPSA) is 75.0 Å². The molecule has 0 bridgehead atoms. The van der Waals surface area contributed by atoms with Crippen LogP contribution in [0.3, 0.4) is 0 Å². The summed E-state index contributed by atoms with van der Waals surface area (Å²) in [5.74, 6) is 0.194. The van der Waals surface area contributed by atoms with Gasteiger partial charge in [0.2, 0.25) is 0 Å². The first-order valence-electron chi connectivity index (χ1n) is 6.07. The van der Waals surface area contributed by atoms with Gasteiger partial charge in [0.1, 0.15) is 6.73 Å². The van der Waals surface area contributed by atoms with Crippen LogP contribution in [0, 0.1) is 0 Å². The minimum Gasteiger partial charge on any atom is -0.459 e. The highest BCUT2D eigenvalue weighted by atomic mass is 16.5. The van der Waals surface area contributed by atoms with E-state index in [9.17, 15) is 9.59 Å². The van der Waals surface area contributed by atoms with E-state index < -0.39 is 0 Å². The molecule has 1 aromatic heterocycles. The molecule has 1 N–H and O–H groups in total. The molecule has 2 heterocycles. The minimum absolute atomic E-state index is 0.137. The summed E-state index contributed by atoms with van der Waals surface area (Å²) in [5, 5.41) is 2.62. The van der Waals surface area contributed by atoms with Crippen LogP contribution in [0.5, 0.6) is 0 Å². The van der Waals surface area contributed by atoms with Crippen LogP contribution in [0.15, 0.2) is 22.8 Å². The standard InChI is InChI=1S/C12H17N3O4/c1-18-9-13-12(17)15-6-4-14(5-7-15)11(16)10-3-2-8-19-10/h2-3,8H,4-7,9H2,1H3,(H,13,17). The van der Waals surface area contributed by atoms with Crippen LogP contribution in [0.1, 0.15) is 10.6 Å². The molecule has 7 nitrogen and oxygen atoms in total. The second-order valence-corrected chi connectivity index (χ2v) is 4.17. The summed E-state index contributed by atoms with van der Waals surface area (Å²) in [6.07, 6.45) is 1.47. The fourth-order valence-corrected chi connectivity index (χ4v) is 1.91. The van der Waals surface area contributed by atoms with Crippen molar-refractivity contribution >= 4 is 11.9 Å². The number of carbonyl (C=O) groups is 2. The lowest BCUT2D eigenvalue weighted by atomic mass is 10.3. The molecule has 1 aromatic rings. The van der Waals surface area contributed by atoms with E-state index in [1.165, 1.54) is 13.4 Å².